The second-order valence-electron chi connectivity index (χ2n) is 13.0. The van der Waals surface area contributed by atoms with E-state index in [0.29, 0.717) is 62.5 Å². The lowest BCUT2D eigenvalue weighted by Gasteiger charge is -2.42. The van der Waals surface area contributed by atoms with E-state index in [4.69, 9.17) is 26.3 Å². The highest BCUT2D eigenvalue weighted by Crippen LogP contribution is 2.39. The Morgan fingerprint density at radius 2 is 1.91 bits per heavy atom. The van der Waals surface area contributed by atoms with Crippen LogP contribution in [-0.2, 0) is 17.8 Å². The molecule has 47 heavy (non-hydrogen) atoms. The van der Waals surface area contributed by atoms with Crippen molar-refractivity contribution in [3.8, 4) is 12.1 Å². The van der Waals surface area contributed by atoms with Crippen LogP contribution in [0.2, 0.25) is 5.02 Å². The molecule has 0 N–H and O–H groups in total. The van der Waals surface area contributed by atoms with Crippen LogP contribution in [0.5, 0.6) is 6.01 Å². The van der Waals surface area contributed by atoms with Crippen molar-refractivity contribution in [1.29, 1.82) is 5.26 Å². The minimum atomic E-state index is -1.03. The topological polar surface area (TPSA) is 88.8 Å². The van der Waals surface area contributed by atoms with Gasteiger partial charge in [-0.3, -0.25) is 9.69 Å². The Morgan fingerprint density at radius 3 is 2.68 bits per heavy atom. The zero-order valence-electron chi connectivity index (χ0n) is 26.3. The van der Waals surface area contributed by atoms with Crippen molar-refractivity contribution in [3.63, 3.8) is 0 Å². The van der Waals surface area contributed by atoms with E-state index in [0.717, 1.165) is 41.7 Å². The van der Waals surface area contributed by atoms with E-state index in [2.05, 4.69) is 27.3 Å². The molecule has 0 spiro atoms. The van der Waals surface area contributed by atoms with Gasteiger partial charge < -0.3 is 19.4 Å². The molecule has 9 nitrogen and oxygen atoms in total. The van der Waals surface area contributed by atoms with Gasteiger partial charge in [-0.2, -0.15) is 15.2 Å². The lowest BCUT2D eigenvalue weighted by atomic mass is 9.91. The number of carbonyl (C=O) groups is 1. The first-order chi connectivity index (χ1) is 22.8. The van der Waals surface area contributed by atoms with Gasteiger partial charge in [0, 0.05) is 54.9 Å². The molecule has 4 aliphatic rings. The van der Waals surface area contributed by atoms with Crippen molar-refractivity contribution >= 4 is 39.8 Å². The zero-order chi connectivity index (χ0) is 32.7. The fourth-order valence-corrected chi connectivity index (χ4v) is 7.90. The minimum Gasteiger partial charge on any atom is -0.462 e. The molecule has 2 atom stereocenters. The summed E-state index contributed by atoms with van der Waals surface area (Å²) in [6, 6.07) is 11.8. The third-order valence-electron chi connectivity index (χ3n) is 10.2. The Balaban J connectivity index is 1.21. The lowest BCUT2D eigenvalue weighted by molar-refractivity contribution is -0.131. The van der Waals surface area contributed by atoms with Gasteiger partial charge in [0.05, 0.1) is 35.8 Å². The number of aromatic nitrogens is 2. The van der Waals surface area contributed by atoms with Crippen LogP contribution in [0.4, 0.5) is 20.3 Å². The predicted molar refractivity (Wildman–Crippen MR) is 177 cm³/mol. The van der Waals surface area contributed by atoms with Gasteiger partial charge >= 0.3 is 6.01 Å². The molecule has 1 aromatic heterocycles. The van der Waals surface area contributed by atoms with Crippen molar-refractivity contribution < 1.29 is 18.3 Å². The number of benzene rings is 2. The lowest BCUT2D eigenvalue weighted by Crippen LogP contribution is -2.55. The number of carbonyl (C=O) groups excluding carboxylic acids is 1. The van der Waals surface area contributed by atoms with Crippen LogP contribution in [0, 0.1) is 17.1 Å². The molecule has 0 radical (unpaired) electrons. The molecule has 3 aromatic rings. The second-order valence-corrected chi connectivity index (χ2v) is 13.3. The number of anilines is 2. The Hall–Kier alpha value is -4.01. The van der Waals surface area contributed by atoms with E-state index in [-0.39, 0.29) is 24.0 Å². The van der Waals surface area contributed by atoms with Crippen molar-refractivity contribution in [2.75, 3.05) is 49.1 Å². The highest BCUT2D eigenvalue weighted by atomic mass is 35.5. The number of piperazine rings is 1. The first-order valence-corrected chi connectivity index (χ1v) is 16.9. The summed E-state index contributed by atoms with van der Waals surface area (Å²) in [5.41, 5.74) is 2.60. The van der Waals surface area contributed by atoms with Crippen LogP contribution in [-0.4, -0.2) is 83.1 Å². The molecule has 2 aromatic carbocycles. The number of ether oxygens (including phenoxy) is 1. The number of nitrogens with zero attached hydrogens (tertiary/aromatic N) is 7. The molecule has 1 aliphatic carbocycles. The third-order valence-corrected chi connectivity index (χ3v) is 10.6. The van der Waals surface area contributed by atoms with Crippen LogP contribution in [0.15, 0.2) is 42.7 Å². The van der Waals surface area contributed by atoms with E-state index >= 15 is 0 Å². The van der Waals surface area contributed by atoms with Crippen molar-refractivity contribution in [2.24, 2.45) is 0 Å². The van der Waals surface area contributed by atoms with Gasteiger partial charge in [-0.05, 0) is 56.2 Å². The number of hydrogen-bond acceptors (Lipinski definition) is 8. The fourth-order valence-electron chi connectivity index (χ4n) is 7.63. The highest BCUT2D eigenvalue weighted by molar-refractivity contribution is 6.36. The van der Waals surface area contributed by atoms with E-state index < -0.39 is 23.6 Å². The zero-order valence-corrected chi connectivity index (χ0v) is 27.1. The molecule has 1 saturated carbocycles. The van der Waals surface area contributed by atoms with E-state index in [9.17, 15) is 18.8 Å². The average molecular weight is 662 g/mol. The number of hydrogen-bond donors (Lipinski definition) is 0. The average Bonchev–Trinajstić information content (AvgIpc) is 3.51. The maximum Gasteiger partial charge on any atom is 0.318 e. The molecule has 246 valence electrons. The molecule has 3 fully saturated rings. The monoisotopic (exact) mass is 661 g/mol. The first-order valence-electron chi connectivity index (χ1n) is 16.5. The number of nitriles is 1. The summed E-state index contributed by atoms with van der Waals surface area (Å²) in [4.78, 5) is 30.7. The maximum atomic E-state index is 14.6. The van der Waals surface area contributed by atoms with Gasteiger partial charge in [0.25, 0.3) is 5.91 Å². The van der Waals surface area contributed by atoms with Gasteiger partial charge in [0.15, 0.2) is 5.83 Å². The second kappa shape index (κ2) is 13.2. The minimum absolute atomic E-state index is 0.0526. The van der Waals surface area contributed by atoms with E-state index in [1.54, 1.807) is 6.07 Å². The van der Waals surface area contributed by atoms with Gasteiger partial charge in [0.1, 0.15) is 18.2 Å². The van der Waals surface area contributed by atoms with E-state index in [1.165, 1.54) is 30.2 Å². The summed E-state index contributed by atoms with van der Waals surface area (Å²) < 4.78 is 34.9. The van der Waals surface area contributed by atoms with Crippen LogP contribution in [0.1, 0.15) is 49.8 Å². The summed E-state index contributed by atoms with van der Waals surface area (Å²) in [6.45, 7) is 6.78. The Kier molecular flexibility index (Phi) is 8.90. The largest absolute Gasteiger partial charge is 0.462 e. The molecular formula is C35H38ClF2N7O2. The van der Waals surface area contributed by atoms with Crippen LogP contribution in [0.25, 0.3) is 10.8 Å². The predicted octanol–water partition coefficient (Wildman–Crippen LogP) is 5.79. The summed E-state index contributed by atoms with van der Waals surface area (Å²) in [6.07, 6.45) is 6.64. The fraction of sp³-hybridized carbons (Fsp3) is 0.486. The number of likely N-dealkylation sites (tertiary alicyclic amines) is 1. The quantitative estimate of drug-likeness (QED) is 0.280. The maximum absolute atomic E-state index is 14.6. The van der Waals surface area contributed by atoms with Crippen LogP contribution < -0.4 is 14.5 Å². The molecule has 3 aliphatic heterocycles. The molecule has 2 saturated heterocycles. The van der Waals surface area contributed by atoms with Gasteiger partial charge in [-0.1, -0.05) is 42.8 Å². The Labute approximate surface area is 278 Å². The summed E-state index contributed by atoms with van der Waals surface area (Å²) in [5, 5.41) is 11.2. The van der Waals surface area contributed by atoms with Gasteiger partial charge in [-0.25, -0.2) is 8.78 Å². The first kappa shape index (κ1) is 31.6. The SMILES string of the molecule is C=C(F)C(=O)N1CCN(c2nc(OC[C@@H]3CCCN3C3CCC3)nc3c2CCN(c2cccc4ccc(F)c(Cl)c24)C3)C[C@@H]1CC#N. The normalized spacial score (nSPS) is 21.8. The van der Waals surface area contributed by atoms with Crippen molar-refractivity contribution in [3.05, 3.63) is 64.8 Å². The molecule has 0 unspecified atom stereocenters. The third kappa shape index (κ3) is 6.09. The molecule has 7 rings (SSSR count). The Bertz CT molecular complexity index is 1750. The molecule has 4 heterocycles. The standard InChI is InChI=1S/C35H38ClF2N7O2/c1-22(37)34(46)45-18-17-43(19-25(45)12-14-39)33-27-13-16-42(30-9-2-5-23-10-11-28(38)32(36)31(23)30)20-29(27)40-35(41-33)47-21-26-8-4-15-44(26)24-6-3-7-24/h2,5,9-11,24-26H,1,3-4,6-8,12-13,15-21H2/t25-,26-/m0/s1. The summed E-state index contributed by atoms with van der Waals surface area (Å²) in [5.74, 6) is -1.57. The Morgan fingerprint density at radius 1 is 1.06 bits per heavy atom. The summed E-state index contributed by atoms with van der Waals surface area (Å²) >= 11 is 6.51. The van der Waals surface area contributed by atoms with Crippen molar-refractivity contribution in [2.45, 2.75) is 69.6 Å². The number of rotatable bonds is 8. The van der Waals surface area contributed by atoms with Crippen LogP contribution in [0.3, 0.4) is 0 Å². The number of fused-ring (bicyclic) bond motifs is 2. The smallest absolute Gasteiger partial charge is 0.318 e. The van der Waals surface area contributed by atoms with E-state index in [1.807, 2.05) is 18.2 Å². The molecule has 1 amide bonds. The number of amides is 1. The van der Waals surface area contributed by atoms with Crippen LogP contribution >= 0.6 is 11.6 Å². The summed E-state index contributed by atoms with van der Waals surface area (Å²) in [7, 11) is 0. The van der Waals surface area contributed by atoms with Gasteiger partial charge in [-0.15, -0.1) is 0 Å². The molecular weight excluding hydrogens is 624 g/mol. The highest BCUT2D eigenvalue weighted by Gasteiger charge is 2.36. The van der Waals surface area contributed by atoms with Crippen molar-refractivity contribution in [1.82, 2.24) is 19.8 Å². The molecule has 0 bridgehead atoms. The van der Waals surface area contributed by atoms with Gasteiger partial charge in [0.2, 0.25) is 0 Å². The molecule has 12 heteroatoms. The number of halogens is 3.